The van der Waals surface area contributed by atoms with Gasteiger partial charge >= 0.3 is 5.97 Å². The summed E-state index contributed by atoms with van der Waals surface area (Å²) in [6.45, 7) is 2.10. The average molecular weight is 238 g/mol. The van der Waals surface area contributed by atoms with Gasteiger partial charge in [0.2, 0.25) is 0 Å². The minimum atomic E-state index is -0.314. The molecule has 2 rings (SSSR count). The van der Waals surface area contributed by atoms with Crippen LogP contribution >= 0.6 is 11.3 Å². The molecular formula is C12H11FO2S. The highest BCUT2D eigenvalue weighted by Gasteiger charge is 2.12. The minimum Gasteiger partial charge on any atom is -0.466 e. The summed E-state index contributed by atoms with van der Waals surface area (Å²) in [7, 11) is 0. The molecule has 0 amide bonds. The second kappa shape index (κ2) is 4.61. The lowest BCUT2D eigenvalue weighted by Gasteiger charge is -2.01. The lowest BCUT2D eigenvalue weighted by molar-refractivity contribution is -0.142. The molecule has 1 heterocycles. The standard InChI is InChI=1S/C12H11FO2S/c1-2-15-11(14)6-8-7-16-10-5-3-4-9(13)12(8)10/h3-5,7H,2,6H2,1H3. The van der Waals surface area contributed by atoms with E-state index in [1.54, 1.807) is 13.0 Å². The van der Waals surface area contributed by atoms with Crippen molar-refractivity contribution in [2.45, 2.75) is 13.3 Å². The number of benzene rings is 1. The van der Waals surface area contributed by atoms with Gasteiger partial charge in [-0.3, -0.25) is 4.79 Å². The number of carbonyl (C=O) groups excluding carboxylic acids is 1. The number of fused-ring (bicyclic) bond motifs is 1. The fraction of sp³-hybridized carbons (Fsp3) is 0.250. The van der Waals surface area contributed by atoms with Crippen LogP contribution in [0.2, 0.25) is 0 Å². The normalized spacial score (nSPS) is 10.6. The van der Waals surface area contributed by atoms with Crippen LogP contribution in [0, 0.1) is 5.82 Å². The molecular weight excluding hydrogens is 227 g/mol. The zero-order valence-electron chi connectivity index (χ0n) is 8.83. The number of hydrogen-bond acceptors (Lipinski definition) is 3. The molecule has 0 unspecified atom stereocenters. The summed E-state index contributed by atoms with van der Waals surface area (Å²) in [5, 5.41) is 2.35. The molecule has 0 spiro atoms. The predicted octanol–water partition coefficient (Wildman–Crippen LogP) is 3.15. The van der Waals surface area contributed by atoms with E-state index in [1.807, 2.05) is 11.4 Å². The van der Waals surface area contributed by atoms with Gasteiger partial charge in [0.1, 0.15) is 5.82 Å². The summed E-state index contributed by atoms with van der Waals surface area (Å²) in [6.07, 6.45) is 0.134. The molecule has 0 aliphatic rings. The van der Waals surface area contributed by atoms with Crippen molar-refractivity contribution in [1.82, 2.24) is 0 Å². The molecule has 0 fully saturated rings. The van der Waals surface area contributed by atoms with Crippen LogP contribution in [0.5, 0.6) is 0 Å². The van der Waals surface area contributed by atoms with E-state index >= 15 is 0 Å². The molecule has 2 nitrogen and oxygen atoms in total. The van der Waals surface area contributed by atoms with Crippen LogP contribution < -0.4 is 0 Å². The molecule has 0 aliphatic heterocycles. The van der Waals surface area contributed by atoms with Gasteiger partial charge in [0, 0.05) is 10.1 Å². The van der Waals surface area contributed by atoms with Crippen LogP contribution in [0.15, 0.2) is 23.6 Å². The fourth-order valence-corrected chi connectivity index (χ4v) is 2.58. The van der Waals surface area contributed by atoms with Gasteiger partial charge in [-0.2, -0.15) is 0 Å². The molecule has 1 aromatic carbocycles. The quantitative estimate of drug-likeness (QED) is 0.768. The lowest BCUT2D eigenvalue weighted by Crippen LogP contribution is -2.07. The molecule has 2 aromatic rings. The van der Waals surface area contributed by atoms with Crippen LogP contribution in [0.4, 0.5) is 4.39 Å². The van der Waals surface area contributed by atoms with E-state index in [1.165, 1.54) is 17.4 Å². The van der Waals surface area contributed by atoms with Gasteiger partial charge in [0.25, 0.3) is 0 Å². The number of ether oxygens (including phenoxy) is 1. The lowest BCUT2D eigenvalue weighted by atomic mass is 10.1. The first kappa shape index (κ1) is 11.1. The van der Waals surface area contributed by atoms with Crippen molar-refractivity contribution in [3.63, 3.8) is 0 Å². The third kappa shape index (κ3) is 2.07. The number of halogens is 1. The van der Waals surface area contributed by atoms with Gasteiger partial charge in [-0.05, 0) is 30.0 Å². The number of carbonyl (C=O) groups is 1. The second-order valence-corrected chi connectivity index (χ2v) is 4.27. The Kier molecular flexibility index (Phi) is 3.19. The molecule has 0 atom stereocenters. The Bertz CT molecular complexity index is 519. The zero-order chi connectivity index (χ0) is 11.5. The van der Waals surface area contributed by atoms with E-state index in [9.17, 15) is 9.18 Å². The predicted molar refractivity (Wildman–Crippen MR) is 62.1 cm³/mol. The summed E-state index contributed by atoms with van der Waals surface area (Å²) in [6, 6.07) is 4.92. The van der Waals surface area contributed by atoms with Gasteiger partial charge in [-0.25, -0.2) is 4.39 Å². The first-order valence-electron chi connectivity index (χ1n) is 5.02. The number of esters is 1. The summed E-state index contributed by atoms with van der Waals surface area (Å²) < 4.78 is 19.3. The maximum Gasteiger partial charge on any atom is 0.310 e. The summed E-state index contributed by atoms with van der Waals surface area (Å²) in [5.41, 5.74) is 0.705. The van der Waals surface area contributed by atoms with Crippen LogP contribution in [0.25, 0.3) is 10.1 Å². The average Bonchev–Trinajstić information content (AvgIpc) is 2.63. The SMILES string of the molecule is CCOC(=O)Cc1csc2cccc(F)c12. The monoisotopic (exact) mass is 238 g/mol. The van der Waals surface area contributed by atoms with Crippen LogP contribution in [-0.4, -0.2) is 12.6 Å². The van der Waals surface area contributed by atoms with Gasteiger partial charge < -0.3 is 4.74 Å². The van der Waals surface area contributed by atoms with E-state index in [2.05, 4.69) is 0 Å². The Labute approximate surface area is 96.7 Å². The van der Waals surface area contributed by atoms with Crippen molar-refractivity contribution in [2.75, 3.05) is 6.61 Å². The van der Waals surface area contributed by atoms with Crippen LogP contribution in [0.3, 0.4) is 0 Å². The second-order valence-electron chi connectivity index (χ2n) is 3.36. The summed E-state index contributed by atoms with van der Waals surface area (Å²) in [5.74, 6) is -0.594. The van der Waals surface area contributed by atoms with Gasteiger partial charge in [-0.15, -0.1) is 11.3 Å². The van der Waals surface area contributed by atoms with Gasteiger partial charge in [0.05, 0.1) is 13.0 Å². The Hall–Kier alpha value is -1.42. The van der Waals surface area contributed by atoms with Crippen molar-refractivity contribution in [3.8, 4) is 0 Å². The van der Waals surface area contributed by atoms with E-state index in [0.29, 0.717) is 17.6 Å². The van der Waals surface area contributed by atoms with E-state index < -0.39 is 0 Å². The molecule has 0 radical (unpaired) electrons. The third-order valence-corrected chi connectivity index (χ3v) is 3.26. The highest BCUT2D eigenvalue weighted by Crippen LogP contribution is 2.28. The van der Waals surface area contributed by atoms with E-state index in [4.69, 9.17) is 4.74 Å². The van der Waals surface area contributed by atoms with Crippen LogP contribution in [0.1, 0.15) is 12.5 Å². The highest BCUT2D eigenvalue weighted by molar-refractivity contribution is 7.17. The third-order valence-electron chi connectivity index (χ3n) is 2.26. The minimum absolute atomic E-state index is 0.134. The molecule has 0 bridgehead atoms. The smallest absolute Gasteiger partial charge is 0.310 e. The van der Waals surface area contributed by atoms with E-state index in [-0.39, 0.29) is 18.2 Å². The van der Waals surface area contributed by atoms with Crippen LogP contribution in [-0.2, 0) is 16.0 Å². The molecule has 0 saturated carbocycles. The topological polar surface area (TPSA) is 26.3 Å². The van der Waals surface area contributed by atoms with Gasteiger partial charge in [0.15, 0.2) is 0 Å². The largest absolute Gasteiger partial charge is 0.466 e. The number of hydrogen-bond donors (Lipinski definition) is 0. The zero-order valence-corrected chi connectivity index (χ0v) is 9.64. The first-order valence-corrected chi connectivity index (χ1v) is 5.90. The Morgan fingerprint density at radius 3 is 3.06 bits per heavy atom. The maximum absolute atomic E-state index is 13.6. The van der Waals surface area contributed by atoms with Crippen molar-refractivity contribution in [1.29, 1.82) is 0 Å². The molecule has 4 heteroatoms. The molecule has 16 heavy (non-hydrogen) atoms. The number of thiophene rings is 1. The maximum atomic E-state index is 13.6. The molecule has 0 N–H and O–H groups in total. The Morgan fingerprint density at radius 1 is 1.50 bits per heavy atom. The number of rotatable bonds is 3. The summed E-state index contributed by atoms with van der Waals surface area (Å²) in [4.78, 5) is 11.3. The van der Waals surface area contributed by atoms with Crippen molar-refractivity contribution in [2.24, 2.45) is 0 Å². The first-order chi connectivity index (χ1) is 7.72. The van der Waals surface area contributed by atoms with Crippen molar-refractivity contribution < 1.29 is 13.9 Å². The van der Waals surface area contributed by atoms with E-state index in [0.717, 1.165) is 4.70 Å². The summed E-state index contributed by atoms with van der Waals surface area (Å²) >= 11 is 1.44. The Morgan fingerprint density at radius 2 is 2.31 bits per heavy atom. The van der Waals surface area contributed by atoms with Gasteiger partial charge in [-0.1, -0.05) is 6.07 Å². The highest BCUT2D eigenvalue weighted by atomic mass is 32.1. The molecule has 1 aromatic heterocycles. The Balaban J connectivity index is 2.34. The van der Waals surface area contributed by atoms with Crippen molar-refractivity contribution in [3.05, 3.63) is 35.0 Å². The molecule has 84 valence electrons. The molecule has 0 aliphatic carbocycles. The molecule has 0 saturated heterocycles. The fourth-order valence-electron chi connectivity index (χ4n) is 1.61. The van der Waals surface area contributed by atoms with Crippen molar-refractivity contribution >= 4 is 27.4 Å².